The van der Waals surface area contributed by atoms with Gasteiger partial charge in [0.15, 0.2) is 23.3 Å². The number of rotatable bonds is 0. The van der Waals surface area contributed by atoms with E-state index in [-0.39, 0.29) is 5.83 Å². The molecular formula is C12H13F5. The quantitative estimate of drug-likeness (QED) is 0.462. The third-order valence-electron chi connectivity index (χ3n) is 2.10. The van der Waals surface area contributed by atoms with Crippen LogP contribution in [0.15, 0.2) is 11.9 Å². The minimum atomic E-state index is -1.33. The van der Waals surface area contributed by atoms with E-state index in [0.717, 1.165) is 13.8 Å². The van der Waals surface area contributed by atoms with Crippen LogP contribution in [0.2, 0.25) is 0 Å². The molecule has 0 unspecified atom stereocenters. The maximum absolute atomic E-state index is 12.7. The van der Waals surface area contributed by atoms with E-state index in [1.165, 1.54) is 13.0 Å². The first-order valence-corrected chi connectivity index (χ1v) is 4.81. The lowest BCUT2D eigenvalue weighted by Crippen LogP contribution is -2.02. The van der Waals surface area contributed by atoms with E-state index < -0.39 is 34.4 Å². The minimum absolute atomic E-state index is 0.120. The van der Waals surface area contributed by atoms with Gasteiger partial charge in [0, 0.05) is 11.1 Å². The highest BCUT2D eigenvalue weighted by molar-refractivity contribution is 5.27. The van der Waals surface area contributed by atoms with Crippen molar-refractivity contribution in [3.63, 3.8) is 0 Å². The second kappa shape index (κ2) is 6.37. The smallest absolute Gasteiger partial charge is 0.165 e. The van der Waals surface area contributed by atoms with Crippen molar-refractivity contribution in [2.75, 3.05) is 0 Å². The number of hydrogen-bond acceptors (Lipinski definition) is 0. The minimum Gasteiger partial charge on any atom is -0.213 e. The normalized spacial score (nSPS) is 11.0. The maximum atomic E-state index is 12.7. The summed E-state index contributed by atoms with van der Waals surface area (Å²) in [4.78, 5) is 0. The van der Waals surface area contributed by atoms with Crippen LogP contribution in [0.4, 0.5) is 22.0 Å². The van der Waals surface area contributed by atoms with E-state index in [1.54, 1.807) is 6.92 Å². The van der Waals surface area contributed by atoms with Crippen LogP contribution in [0.1, 0.15) is 25.0 Å². The first kappa shape index (κ1) is 15.6. The Labute approximate surface area is 96.8 Å². The van der Waals surface area contributed by atoms with Gasteiger partial charge in [0.05, 0.1) is 5.83 Å². The average Bonchev–Trinajstić information content (AvgIpc) is 2.32. The van der Waals surface area contributed by atoms with Gasteiger partial charge in [-0.05, 0) is 27.7 Å². The Kier molecular flexibility index (Phi) is 5.85. The van der Waals surface area contributed by atoms with E-state index >= 15 is 0 Å². The molecule has 0 nitrogen and oxygen atoms in total. The second-order valence-corrected chi connectivity index (χ2v) is 3.38. The van der Waals surface area contributed by atoms with Crippen molar-refractivity contribution in [1.29, 1.82) is 0 Å². The van der Waals surface area contributed by atoms with Gasteiger partial charge < -0.3 is 0 Å². The first-order chi connectivity index (χ1) is 7.73. The van der Waals surface area contributed by atoms with Gasteiger partial charge in [0.25, 0.3) is 0 Å². The molecular weight excluding hydrogens is 239 g/mol. The molecule has 17 heavy (non-hydrogen) atoms. The fraction of sp³-hybridized carbons (Fsp3) is 0.333. The van der Waals surface area contributed by atoms with Crippen LogP contribution in [0.5, 0.6) is 0 Å². The average molecular weight is 252 g/mol. The highest BCUT2D eigenvalue weighted by Gasteiger charge is 2.19. The Hall–Kier alpha value is -1.39. The predicted octanol–water partition coefficient (Wildman–Crippen LogP) is 4.74. The molecule has 0 aliphatic rings. The molecule has 0 saturated carbocycles. The van der Waals surface area contributed by atoms with Gasteiger partial charge in [-0.1, -0.05) is 6.08 Å². The number of benzene rings is 1. The highest BCUT2D eigenvalue weighted by atomic mass is 19.2. The Bertz CT molecular complexity index is 326. The van der Waals surface area contributed by atoms with Crippen LogP contribution in [0.3, 0.4) is 0 Å². The van der Waals surface area contributed by atoms with Crippen LogP contribution in [0.25, 0.3) is 0 Å². The summed E-state index contributed by atoms with van der Waals surface area (Å²) in [6.45, 7) is 5.04. The summed E-state index contributed by atoms with van der Waals surface area (Å²) in [7, 11) is 0. The summed E-state index contributed by atoms with van der Waals surface area (Å²) in [5.74, 6) is -5.43. The monoisotopic (exact) mass is 252 g/mol. The standard InChI is InChI=1S/C8H6F4.C4H7F/c1-3-5(9)7(11)4(2)8(12)6(3)10;1-3-4(2)5/h1-2H3;3H,1-2H3. The molecule has 0 aromatic heterocycles. The molecule has 0 radical (unpaired) electrons. The van der Waals surface area contributed by atoms with Crippen LogP contribution in [-0.2, 0) is 0 Å². The van der Waals surface area contributed by atoms with Gasteiger partial charge in [-0.2, -0.15) is 0 Å². The Morgan fingerprint density at radius 3 is 1.12 bits per heavy atom. The maximum Gasteiger partial charge on any atom is 0.165 e. The SMILES string of the molecule is CC=C(C)F.Cc1c(F)c(F)c(C)c(F)c1F. The van der Waals surface area contributed by atoms with E-state index in [2.05, 4.69) is 0 Å². The highest BCUT2D eigenvalue weighted by Crippen LogP contribution is 2.22. The Balaban J connectivity index is 0.000000437. The molecule has 1 rings (SSSR count). The van der Waals surface area contributed by atoms with Crippen molar-refractivity contribution in [3.8, 4) is 0 Å². The van der Waals surface area contributed by atoms with Gasteiger partial charge in [0.1, 0.15) is 0 Å². The summed E-state index contributed by atoms with van der Waals surface area (Å²) in [5, 5.41) is 0. The molecule has 0 saturated heterocycles. The van der Waals surface area contributed by atoms with E-state index in [1.807, 2.05) is 0 Å². The lowest BCUT2D eigenvalue weighted by molar-refractivity contribution is 0.436. The third kappa shape index (κ3) is 3.84. The summed E-state index contributed by atoms with van der Waals surface area (Å²) < 4.78 is 61.9. The van der Waals surface area contributed by atoms with E-state index in [9.17, 15) is 22.0 Å². The molecule has 0 amide bonds. The molecule has 5 heteroatoms. The van der Waals surface area contributed by atoms with Crippen LogP contribution in [0, 0.1) is 37.1 Å². The molecule has 0 atom stereocenters. The van der Waals surface area contributed by atoms with Gasteiger partial charge in [0.2, 0.25) is 0 Å². The lowest BCUT2D eigenvalue weighted by atomic mass is 10.1. The molecule has 1 aromatic carbocycles. The molecule has 0 heterocycles. The summed E-state index contributed by atoms with van der Waals surface area (Å²) >= 11 is 0. The predicted molar refractivity (Wildman–Crippen MR) is 56.3 cm³/mol. The molecule has 0 bridgehead atoms. The molecule has 0 N–H and O–H groups in total. The number of hydrogen-bond donors (Lipinski definition) is 0. The lowest BCUT2D eigenvalue weighted by Gasteiger charge is -2.04. The molecule has 0 fully saturated rings. The Morgan fingerprint density at radius 2 is 1.00 bits per heavy atom. The zero-order valence-corrected chi connectivity index (χ0v) is 9.97. The zero-order chi connectivity index (χ0) is 13.7. The summed E-state index contributed by atoms with van der Waals surface area (Å²) in [5.41, 5.74) is -1.26. The van der Waals surface area contributed by atoms with Crippen LogP contribution >= 0.6 is 0 Å². The fourth-order valence-electron chi connectivity index (χ4n) is 0.851. The third-order valence-corrected chi connectivity index (χ3v) is 2.10. The molecule has 96 valence electrons. The van der Waals surface area contributed by atoms with Crippen molar-refractivity contribution in [2.45, 2.75) is 27.7 Å². The van der Waals surface area contributed by atoms with Gasteiger partial charge in [-0.3, -0.25) is 0 Å². The topological polar surface area (TPSA) is 0 Å². The van der Waals surface area contributed by atoms with Crippen molar-refractivity contribution >= 4 is 0 Å². The van der Waals surface area contributed by atoms with Crippen molar-refractivity contribution in [2.24, 2.45) is 0 Å². The fourth-order valence-corrected chi connectivity index (χ4v) is 0.851. The van der Waals surface area contributed by atoms with Crippen molar-refractivity contribution in [3.05, 3.63) is 46.3 Å². The molecule has 1 aromatic rings. The molecule has 0 spiro atoms. The summed E-state index contributed by atoms with van der Waals surface area (Å²) in [6.07, 6.45) is 1.42. The summed E-state index contributed by atoms with van der Waals surface area (Å²) in [6, 6.07) is 0. The second-order valence-electron chi connectivity index (χ2n) is 3.38. The number of allylic oxidation sites excluding steroid dienone is 2. The largest absolute Gasteiger partial charge is 0.213 e. The van der Waals surface area contributed by atoms with Crippen LogP contribution in [-0.4, -0.2) is 0 Å². The van der Waals surface area contributed by atoms with Crippen molar-refractivity contribution < 1.29 is 22.0 Å². The van der Waals surface area contributed by atoms with E-state index in [0.29, 0.717) is 0 Å². The Morgan fingerprint density at radius 1 is 0.824 bits per heavy atom. The van der Waals surface area contributed by atoms with Gasteiger partial charge in [-0.15, -0.1) is 0 Å². The zero-order valence-electron chi connectivity index (χ0n) is 9.97. The van der Waals surface area contributed by atoms with Crippen molar-refractivity contribution in [1.82, 2.24) is 0 Å². The first-order valence-electron chi connectivity index (χ1n) is 4.81. The van der Waals surface area contributed by atoms with Crippen LogP contribution < -0.4 is 0 Å². The van der Waals surface area contributed by atoms with Gasteiger partial charge >= 0.3 is 0 Å². The number of halogens is 5. The van der Waals surface area contributed by atoms with Gasteiger partial charge in [-0.25, -0.2) is 22.0 Å². The van der Waals surface area contributed by atoms with E-state index in [4.69, 9.17) is 0 Å². The molecule has 0 aliphatic carbocycles. The molecule has 0 aliphatic heterocycles.